The van der Waals surface area contributed by atoms with Gasteiger partial charge in [-0.15, -0.1) is 22.7 Å². The molecule has 0 aliphatic carbocycles. The highest BCUT2D eigenvalue weighted by Gasteiger charge is 2.08. The molecule has 4 rings (SSSR count). The first kappa shape index (κ1) is 27.0. The lowest BCUT2D eigenvalue weighted by atomic mass is 10.1. The van der Waals surface area contributed by atoms with E-state index in [1.165, 1.54) is 12.2 Å². The Balaban J connectivity index is 1.33. The monoisotopic (exact) mass is 546 g/mol. The first-order valence-electron chi connectivity index (χ1n) is 11.7. The lowest BCUT2D eigenvalue weighted by Gasteiger charge is -2.07. The second-order valence-electron chi connectivity index (χ2n) is 8.33. The Morgan fingerprint density at radius 2 is 1.16 bits per heavy atom. The summed E-state index contributed by atoms with van der Waals surface area (Å²) < 4.78 is 10.7. The van der Waals surface area contributed by atoms with E-state index in [0.717, 1.165) is 42.3 Å². The predicted molar refractivity (Wildman–Crippen MR) is 148 cm³/mol. The quantitative estimate of drug-likeness (QED) is 0.192. The van der Waals surface area contributed by atoms with Crippen molar-refractivity contribution < 1.29 is 19.1 Å². The van der Waals surface area contributed by atoms with E-state index in [0.29, 0.717) is 11.4 Å². The molecule has 0 saturated carbocycles. The number of aryl methyl sites for hydroxylation is 4. The van der Waals surface area contributed by atoms with Crippen LogP contribution in [0.3, 0.4) is 0 Å². The standard InChI is InChI=1S/C28H26N4O4S2/c1-17-23(31-19(3)37-17)5-7-27(33)35-15-21-9-11-29-25(13-21)26-14-22(10-12-30-26)16-36-28(34)8-6-24-18(2)38-20(4)32-24/h5-14H,15-16H2,1-4H3/b7-5+,8-6+. The number of carbonyl (C=O) groups is 2. The number of aromatic nitrogens is 4. The fraction of sp³-hybridized carbons (Fsp3) is 0.214. The van der Waals surface area contributed by atoms with Gasteiger partial charge in [-0.3, -0.25) is 9.97 Å². The van der Waals surface area contributed by atoms with E-state index in [9.17, 15) is 9.59 Å². The van der Waals surface area contributed by atoms with E-state index in [4.69, 9.17) is 9.47 Å². The minimum absolute atomic E-state index is 0.0927. The molecular formula is C28H26N4O4S2. The van der Waals surface area contributed by atoms with Crippen LogP contribution in [0.2, 0.25) is 0 Å². The third-order valence-electron chi connectivity index (χ3n) is 5.31. The van der Waals surface area contributed by atoms with Crippen LogP contribution >= 0.6 is 22.7 Å². The third kappa shape index (κ3) is 7.50. The molecule has 194 valence electrons. The Labute approximate surface area is 228 Å². The van der Waals surface area contributed by atoms with Crippen LogP contribution in [-0.4, -0.2) is 31.9 Å². The second kappa shape index (κ2) is 12.5. The average molecular weight is 547 g/mol. The molecule has 0 spiro atoms. The number of hydrogen-bond donors (Lipinski definition) is 0. The van der Waals surface area contributed by atoms with Gasteiger partial charge in [-0.2, -0.15) is 0 Å². The van der Waals surface area contributed by atoms with Gasteiger partial charge in [0.2, 0.25) is 0 Å². The van der Waals surface area contributed by atoms with Crippen LogP contribution in [0.25, 0.3) is 23.5 Å². The van der Waals surface area contributed by atoms with Crippen LogP contribution in [0.1, 0.15) is 42.3 Å². The summed E-state index contributed by atoms with van der Waals surface area (Å²) in [7, 11) is 0. The first-order chi connectivity index (χ1) is 18.3. The predicted octanol–water partition coefficient (Wildman–Crippen LogP) is 5.80. The maximum atomic E-state index is 12.2. The normalized spacial score (nSPS) is 11.4. The van der Waals surface area contributed by atoms with Gasteiger partial charge >= 0.3 is 11.9 Å². The molecule has 0 aromatic carbocycles. The van der Waals surface area contributed by atoms with E-state index in [-0.39, 0.29) is 13.2 Å². The molecule has 0 unspecified atom stereocenters. The van der Waals surface area contributed by atoms with Crippen LogP contribution < -0.4 is 0 Å². The third-order valence-corrected chi connectivity index (χ3v) is 7.11. The molecule has 0 aliphatic rings. The highest BCUT2D eigenvalue weighted by Crippen LogP contribution is 2.20. The van der Waals surface area contributed by atoms with Crippen LogP contribution in [-0.2, 0) is 32.3 Å². The van der Waals surface area contributed by atoms with Crippen molar-refractivity contribution in [3.05, 3.63) is 91.1 Å². The van der Waals surface area contributed by atoms with Crippen molar-refractivity contribution in [1.29, 1.82) is 0 Å². The average Bonchev–Trinajstić information content (AvgIpc) is 3.41. The fourth-order valence-corrected chi connectivity index (χ4v) is 5.12. The minimum atomic E-state index is -0.454. The molecule has 0 N–H and O–H groups in total. The summed E-state index contributed by atoms with van der Waals surface area (Å²) in [6.07, 6.45) is 9.36. The Morgan fingerprint density at radius 3 is 1.53 bits per heavy atom. The molecule has 0 aliphatic heterocycles. The zero-order valence-electron chi connectivity index (χ0n) is 21.4. The van der Waals surface area contributed by atoms with Crippen molar-refractivity contribution in [3.63, 3.8) is 0 Å². The largest absolute Gasteiger partial charge is 0.458 e. The summed E-state index contributed by atoms with van der Waals surface area (Å²) in [6.45, 7) is 7.96. The number of thiazole rings is 2. The van der Waals surface area contributed by atoms with Crippen molar-refractivity contribution in [2.45, 2.75) is 40.9 Å². The van der Waals surface area contributed by atoms with Gasteiger partial charge < -0.3 is 9.47 Å². The van der Waals surface area contributed by atoms with E-state index in [2.05, 4.69) is 19.9 Å². The molecule has 4 heterocycles. The number of rotatable bonds is 9. The number of esters is 2. The highest BCUT2D eigenvalue weighted by atomic mass is 32.1. The molecule has 8 nitrogen and oxygen atoms in total. The zero-order valence-corrected chi connectivity index (χ0v) is 23.1. The second-order valence-corrected chi connectivity index (χ2v) is 11.1. The first-order valence-corrected chi connectivity index (χ1v) is 13.4. The molecule has 0 radical (unpaired) electrons. The van der Waals surface area contributed by atoms with Gasteiger partial charge in [0.15, 0.2) is 0 Å². The molecule has 38 heavy (non-hydrogen) atoms. The van der Waals surface area contributed by atoms with Crippen molar-refractivity contribution in [2.75, 3.05) is 0 Å². The van der Waals surface area contributed by atoms with Crippen molar-refractivity contribution in [2.24, 2.45) is 0 Å². The lowest BCUT2D eigenvalue weighted by Crippen LogP contribution is -2.02. The van der Waals surface area contributed by atoms with Gasteiger partial charge in [0.05, 0.1) is 32.8 Å². The summed E-state index contributed by atoms with van der Waals surface area (Å²) in [4.78, 5) is 44.0. The molecule has 0 bridgehead atoms. The number of ether oxygens (including phenoxy) is 2. The minimum Gasteiger partial charge on any atom is -0.458 e. The fourth-order valence-electron chi connectivity index (χ4n) is 3.51. The van der Waals surface area contributed by atoms with Gasteiger partial charge in [-0.05, 0) is 75.2 Å². The smallest absolute Gasteiger partial charge is 0.331 e. The summed E-state index contributed by atoms with van der Waals surface area (Å²) in [5, 5.41) is 1.90. The molecule has 0 atom stereocenters. The number of pyridine rings is 2. The molecule has 0 saturated heterocycles. The molecule has 4 aromatic rings. The Morgan fingerprint density at radius 1 is 0.737 bits per heavy atom. The van der Waals surface area contributed by atoms with Crippen LogP contribution in [0.4, 0.5) is 0 Å². The van der Waals surface area contributed by atoms with Gasteiger partial charge in [-0.1, -0.05) is 0 Å². The van der Waals surface area contributed by atoms with E-state index in [1.807, 2.05) is 39.8 Å². The van der Waals surface area contributed by atoms with E-state index in [1.54, 1.807) is 59.4 Å². The highest BCUT2D eigenvalue weighted by molar-refractivity contribution is 7.12. The maximum absolute atomic E-state index is 12.2. The Hall–Kier alpha value is -4.02. The van der Waals surface area contributed by atoms with Gasteiger partial charge in [-0.25, -0.2) is 19.6 Å². The van der Waals surface area contributed by atoms with Crippen molar-refractivity contribution in [3.8, 4) is 11.4 Å². The lowest BCUT2D eigenvalue weighted by molar-refractivity contribution is -0.139. The van der Waals surface area contributed by atoms with Crippen molar-refractivity contribution in [1.82, 2.24) is 19.9 Å². The summed E-state index contributed by atoms with van der Waals surface area (Å²) in [5.74, 6) is -0.908. The van der Waals surface area contributed by atoms with Gasteiger partial charge in [0, 0.05) is 34.3 Å². The molecule has 10 heteroatoms. The Bertz CT molecular complexity index is 1410. The molecular weight excluding hydrogens is 520 g/mol. The van der Waals surface area contributed by atoms with Gasteiger partial charge in [0.1, 0.15) is 13.2 Å². The maximum Gasteiger partial charge on any atom is 0.331 e. The topological polar surface area (TPSA) is 104 Å². The number of nitrogens with zero attached hydrogens (tertiary/aromatic N) is 4. The molecule has 0 amide bonds. The molecule has 0 fully saturated rings. The van der Waals surface area contributed by atoms with E-state index < -0.39 is 11.9 Å². The Kier molecular flexibility index (Phi) is 8.88. The van der Waals surface area contributed by atoms with Crippen LogP contribution in [0.15, 0.2) is 48.8 Å². The van der Waals surface area contributed by atoms with Gasteiger partial charge in [0.25, 0.3) is 0 Å². The van der Waals surface area contributed by atoms with Crippen LogP contribution in [0, 0.1) is 27.7 Å². The summed E-state index contributed by atoms with van der Waals surface area (Å²) in [5.41, 5.74) is 4.32. The number of carbonyl (C=O) groups excluding carboxylic acids is 2. The number of hydrogen-bond acceptors (Lipinski definition) is 10. The molecule has 4 aromatic heterocycles. The summed E-state index contributed by atoms with van der Waals surface area (Å²) >= 11 is 3.16. The summed E-state index contributed by atoms with van der Waals surface area (Å²) in [6, 6.07) is 7.17. The SMILES string of the molecule is Cc1nc(/C=C/C(=O)OCc2ccnc(-c3cc(COC(=O)/C=C/c4nc(C)sc4C)ccn3)c2)c(C)s1. The van der Waals surface area contributed by atoms with Crippen molar-refractivity contribution >= 4 is 46.8 Å². The van der Waals surface area contributed by atoms with Crippen LogP contribution in [0.5, 0.6) is 0 Å². The van der Waals surface area contributed by atoms with E-state index >= 15 is 0 Å². The zero-order chi connectivity index (χ0) is 27.1.